The molecule has 2 bridgehead atoms. The van der Waals surface area contributed by atoms with Gasteiger partial charge in [-0.15, -0.1) is 0 Å². The van der Waals surface area contributed by atoms with E-state index in [0.717, 1.165) is 18.8 Å². The molecule has 0 aromatic rings. The molecule has 3 nitrogen and oxygen atoms in total. The number of amides is 1. The Labute approximate surface area is 123 Å². The minimum atomic E-state index is -0.0926. The van der Waals surface area contributed by atoms with E-state index in [1.54, 1.807) is 0 Å². The molecule has 4 fully saturated rings. The highest BCUT2D eigenvalue weighted by atomic mass is 16.6. The number of ether oxygens (including phenoxy) is 1. The largest absolute Gasteiger partial charge is 0.444 e. The van der Waals surface area contributed by atoms with Crippen LogP contribution in [0, 0.1) is 5.92 Å². The number of nitrogens with zero attached hydrogens (tertiary/aromatic N) is 1. The van der Waals surface area contributed by atoms with Gasteiger partial charge in [-0.3, -0.25) is 4.90 Å². The van der Waals surface area contributed by atoms with E-state index in [0.29, 0.717) is 17.2 Å². The lowest BCUT2D eigenvalue weighted by Gasteiger charge is -2.51. The van der Waals surface area contributed by atoms with Gasteiger partial charge in [0.2, 0.25) is 0 Å². The van der Waals surface area contributed by atoms with Crippen LogP contribution < -0.4 is 0 Å². The molecule has 0 aromatic heterocycles. The molecule has 1 saturated carbocycles. The van der Waals surface area contributed by atoms with E-state index in [-0.39, 0.29) is 18.2 Å². The molecule has 1 aliphatic carbocycles. The first-order valence-electron chi connectivity index (χ1n) is 8.28. The van der Waals surface area contributed by atoms with Crippen molar-refractivity contribution in [1.82, 2.24) is 4.90 Å². The van der Waals surface area contributed by atoms with Gasteiger partial charge in [-0.25, -0.2) is 4.79 Å². The first-order valence-corrected chi connectivity index (χ1v) is 8.28. The van der Waals surface area contributed by atoms with Crippen LogP contribution in [0.15, 0.2) is 0 Å². The third-order valence-electron chi connectivity index (χ3n) is 5.84. The topological polar surface area (TPSA) is 29.5 Å². The standard InChI is InChI=1S/C16H27BNO2/c1-10(2)16-7-5-6-13-14(8-12(9-16)17-16)20-15(19)18(13)11(3)4/h10-14H,5-9H2,1-4H3. The smallest absolute Gasteiger partial charge is 0.410 e. The second-order valence-corrected chi connectivity index (χ2v) is 7.64. The third-order valence-corrected chi connectivity index (χ3v) is 5.84. The van der Waals surface area contributed by atoms with Crippen molar-refractivity contribution in [3.8, 4) is 0 Å². The second-order valence-electron chi connectivity index (χ2n) is 7.64. The van der Waals surface area contributed by atoms with Crippen LogP contribution >= 0.6 is 0 Å². The Morgan fingerprint density at radius 3 is 2.65 bits per heavy atom. The second kappa shape index (κ2) is 4.96. The van der Waals surface area contributed by atoms with E-state index in [9.17, 15) is 4.79 Å². The fraction of sp³-hybridized carbons (Fsp3) is 0.938. The van der Waals surface area contributed by atoms with Crippen LogP contribution in [0.4, 0.5) is 4.79 Å². The zero-order chi connectivity index (χ0) is 14.5. The van der Waals surface area contributed by atoms with Crippen molar-refractivity contribution in [2.45, 2.75) is 89.1 Å². The van der Waals surface area contributed by atoms with E-state index in [1.807, 2.05) is 4.90 Å². The maximum Gasteiger partial charge on any atom is 0.410 e. The van der Waals surface area contributed by atoms with E-state index < -0.39 is 0 Å². The third kappa shape index (κ3) is 2.15. The summed E-state index contributed by atoms with van der Waals surface area (Å²) in [5.41, 5.74) is 0. The summed E-state index contributed by atoms with van der Waals surface area (Å²) in [7, 11) is 2.58. The lowest BCUT2D eigenvalue weighted by Crippen LogP contribution is -2.42. The van der Waals surface area contributed by atoms with E-state index in [2.05, 4.69) is 35.0 Å². The molecule has 0 N–H and O–H groups in total. The summed E-state index contributed by atoms with van der Waals surface area (Å²) in [6.45, 7) is 8.90. The summed E-state index contributed by atoms with van der Waals surface area (Å²) in [5.74, 6) is 1.39. The molecule has 3 aliphatic heterocycles. The van der Waals surface area contributed by atoms with Crippen LogP contribution in [0.25, 0.3) is 0 Å². The first kappa shape index (κ1) is 14.3. The molecule has 20 heavy (non-hydrogen) atoms. The Kier molecular flexibility index (Phi) is 3.54. The van der Waals surface area contributed by atoms with Gasteiger partial charge in [0, 0.05) is 6.04 Å². The van der Waals surface area contributed by atoms with Crippen molar-refractivity contribution in [3.05, 3.63) is 0 Å². The van der Waals surface area contributed by atoms with E-state index in [4.69, 9.17) is 4.74 Å². The van der Waals surface area contributed by atoms with Crippen LogP contribution in [-0.2, 0) is 4.74 Å². The van der Waals surface area contributed by atoms with Gasteiger partial charge < -0.3 is 4.74 Å². The average molecular weight is 276 g/mol. The van der Waals surface area contributed by atoms with E-state index in [1.165, 1.54) is 19.3 Å². The number of carbonyl (C=O) groups is 1. The summed E-state index contributed by atoms with van der Waals surface area (Å²) in [5, 5.41) is 0.468. The maximum atomic E-state index is 12.1. The predicted octanol–water partition coefficient (Wildman–Crippen LogP) is 3.87. The lowest BCUT2D eigenvalue weighted by molar-refractivity contribution is 0.119. The number of carbonyl (C=O) groups excluding carboxylic acids is 1. The molecular formula is C16H27BNO2. The monoisotopic (exact) mass is 276 g/mol. The van der Waals surface area contributed by atoms with Crippen molar-refractivity contribution in [3.63, 3.8) is 0 Å². The fourth-order valence-electron chi connectivity index (χ4n) is 4.62. The molecule has 0 aromatic carbocycles. The Hall–Kier alpha value is -0.665. The number of hydrogen-bond acceptors (Lipinski definition) is 2. The molecule has 4 heteroatoms. The highest BCUT2D eigenvalue weighted by molar-refractivity contribution is 6.46. The minimum Gasteiger partial charge on any atom is -0.444 e. The minimum absolute atomic E-state index is 0.0926. The van der Waals surface area contributed by atoms with Gasteiger partial charge >= 0.3 is 6.09 Å². The maximum absolute atomic E-state index is 12.1. The molecule has 4 atom stereocenters. The van der Waals surface area contributed by atoms with Gasteiger partial charge in [0.1, 0.15) is 13.4 Å². The Bertz CT molecular complexity index is 390. The molecule has 1 amide bonds. The highest BCUT2D eigenvalue weighted by Crippen LogP contribution is 2.60. The van der Waals surface area contributed by atoms with Gasteiger partial charge in [-0.2, -0.15) is 0 Å². The van der Waals surface area contributed by atoms with E-state index >= 15 is 0 Å². The van der Waals surface area contributed by atoms with Crippen molar-refractivity contribution in [1.29, 1.82) is 0 Å². The van der Waals surface area contributed by atoms with Crippen molar-refractivity contribution in [2.24, 2.45) is 5.92 Å². The van der Waals surface area contributed by atoms with Crippen LogP contribution in [0.5, 0.6) is 0 Å². The lowest BCUT2D eigenvalue weighted by atomic mass is 9.27. The Morgan fingerprint density at radius 1 is 1.35 bits per heavy atom. The van der Waals surface area contributed by atoms with Gasteiger partial charge in [-0.1, -0.05) is 44.2 Å². The molecular weight excluding hydrogens is 249 g/mol. The van der Waals surface area contributed by atoms with Crippen LogP contribution in [0.1, 0.15) is 59.8 Å². The van der Waals surface area contributed by atoms with Gasteiger partial charge in [-0.05, 0) is 32.6 Å². The van der Waals surface area contributed by atoms with Crippen LogP contribution in [0.2, 0.25) is 11.1 Å². The summed E-state index contributed by atoms with van der Waals surface area (Å²) < 4.78 is 5.69. The van der Waals surface area contributed by atoms with Crippen molar-refractivity contribution >= 4 is 13.4 Å². The number of rotatable bonds is 2. The molecule has 111 valence electrons. The summed E-state index contributed by atoms with van der Waals surface area (Å²) in [6, 6.07) is 0.552. The molecule has 3 heterocycles. The van der Waals surface area contributed by atoms with Crippen LogP contribution in [0.3, 0.4) is 0 Å². The fourth-order valence-corrected chi connectivity index (χ4v) is 4.62. The zero-order valence-corrected chi connectivity index (χ0v) is 13.3. The molecule has 1 radical (unpaired) electrons. The number of hydrogen-bond donors (Lipinski definition) is 0. The van der Waals surface area contributed by atoms with Crippen LogP contribution in [-0.4, -0.2) is 36.5 Å². The highest BCUT2D eigenvalue weighted by Gasteiger charge is 2.52. The SMILES string of the molecule is CC(C)N1C(=O)OC2CC3[B]C(C(C)C)(CCCC21)C3. The Balaban J connectivity index is 1.76. The van der Waals surface area contributed by atoms with Gasteiger partial charge in [0.05, 0.1) is 6.04 Å². The molecule has 3 saturated heterocycles. The summed E-state index contributed by atoms with van der Waals surface area (Å²) >= 11 is 0. The number of fused-ring (bicyclic) bond motifs is 2. The van der Waals surface area contributed by atoms with Gasteiger partial charge in [0.25, 0.3) is 0 Å². The molecule has 4 aliphatic rings. The summed E-state index contributed by atoms with van der Waals surface area (Å²) in [6.07, 6.45) is 5.96. The normalized spacial score (nSPS) is 40.4. The molecule has 4 rings (SSSR count). The first-order chi connectivity index (χ1) is 9.43. The quantitative estimate of drug-likeness (QED) is 0.716. The predicted molar refractivity (Wildman–Crippen MR) is 81.2 cm³/mol. The zero-order valence-electron chi connectivity index (χ0n) is 13.3. The average Bonchev–Trinajstić information content (AvgIpc) is 2.65. The Morgan fingerprint density at radius 2 is 2.05 bits per heavy atom. The van der Waals surface area contributed by atoms with Crippen molar-refractivity contribution in [2.75, 3.05) is 0 Å². The summed E-state index contributed by atoms with van der Waals surface area (Å²) in [4.78, 5) is 14.1. The van der Waals surface area contributed by atoms with Crippen molar-refractivity contribution < 1.29 is 9.53 Å². The van der Waals surface area contributed by atoms with Gasteiger partial charge in [0.15, 0.2) is 0 Å². The molecule has 0 spiro atoms. The molecule has 4 unspecified atom stereocenters.